The summed E-state index contributed by atoms with van der Waals surface area (Å²) in [7, 11) is 0. The first kappa shape index (κ1) is 16.9. The van der Waals surface area contributed by atoms with Gasteiger partial charge >= 0.3 is 0 Å². The maximum Gasteiger partial charge on any atom is 0.251 e. The van der Waals surface area contributed by atoms with E-state index in [2.05, 4.69) is 10.3 Å². The van der Waals surface area contributed by atoms with Crippen molar-refractivity contribution in [2.24, 2.45) is 0 Å². The Labute approximate surface area is 149 Å². The topological polar surface area (TPSA) is 55.1 Å². The van der Waals surface area contributed by atoms with Crippen molar-refractivity contribution in [2.75, 3.05) is 18.6 Å². The first-order valence-electron chi connectivity index (χ1n) is 7.57. The molecule has 0 saturated heterocycles. The van der Waals surface area contributed by atoms with Gasteiger partial charge in [0.2, 0.25) is 0 Å². The molecule has 124 valence electrons. The van der Waals surface area contributed by atoms with Crippen molar-refractivity contribution in [1.29, 1.82) is 0 Å². The van der Waals surface area contributed by atoms with Gasteiger partial charge in [-0.25, -0.2) is 4.98 Å². The van der Waals surface area contributed by atoms with E-state index in [9.17, 15) is 4.79 Å². The highest BCUT2D eigenvalue weighted by Gasteiger charge is 2.11. The predicted molar refractivity (Wildman–Crippen MR) is 99.0 cm³/mol. The van der Waals surface area contributed by atoms with Crippen LogP contribution in [0.3, 0.4) is 0 Å². The fraction of sp³-hybridized carbons (Fsp3) is 0.222. The lowest BCUT2D eigenvalue weighted by Crippen LogP contribution is -2.25. The number of rotatable bonds is 6. The first-order chi connectivity index (χ1) is 11.7. The molecule has 6 heteroatoms. The van der Waals surface area contributed by atoms with E-state index in [4.69, 9.17) is 16.0 Å². The standard InChI is InChI=1S/C18H17ClN2O2S/c1-24-9-8-20-18(22)13-4-7-16-15(11-13)21-17(23-16)10-12-2-5-14(19)6-3-12/h2-7,11H,8-10H2,1H3,(H,20,22). The second-order valence-corrected chi connectivity index (χ2v) is 6.76. The molecule has 1 aromatic heterocycles. The molecule has 3 aromatic rings. The summed E-state index contributed by atoms with van der Waals surface area (Å²) >= 11 is 7.59. The molecule has 0 atom stereocenters. The largest absolute Gasteiger partial charge is 0.440 e. The molecule has 0 bridgehead atoms. The van der Waals surface area contributed by atoms with Crippen LogP contribution in [0.2, 0.25) is 5.02 Å². The minimum atomic E-state index is -0.0896. The molecule has 0 aliphatic carbocycles. The summed E-state index contributed by atoms with van der Waals surface area (Å²) in [4.78, 5) is 16.6. The number of carbonyl (C=O) groups excluding carboxylic acids is 1. The van der Waals surface area contributed by atoms with Gasteiger partial charge in [0.05, 0.1) is 0 Å². The van der Waals surface area contributed by atoms with Crippen molar-refractivity contribution >= 4 is 40.4 Å². The molecule has 0 spiro atoms. The number of aromatic nitrogens is 1. The lowest BCUT2D eigenvalue weighted by molar-refractivity contribution is 0.0956. The van der Waals surface area contributed by atoms with E-state index in [1.54, 1.807) is 30.0 Å². The minimum absolute atomic E-state index is 0.0896. The highest BCUT2D eigenvalue weighted by Crippen LogP contribution is 2.20. The van der Waals surface area contributed by atoms with Gasteiger partial charge in [-0.05, 0) is 42.2 Å². The molecule has 0 radical (unpaired) electrons. The Balaban J connectivity index is 1.76. The summed E-state index contributed by atoms with van der Waals surface area (Å²) in [5.41, 5.74) is 3.03. The van der Waals surface area contributed by atoms with E-state index in [1.807, 2.05) is 30.5 Å². The van der Waals surface area contributed by atoms with E-state index in [0.717, 1.165) is 11.3 Å². The van der Waals surface area contributed by atoms with Gasteiger partial charge in [-0.3, -0.25) is 4.79 Å². The Kier molecular flexibility index (Phi) is 5.43. The van der Waals surface area contributed by atoms with Crippen molar-refractivity contribution in [1.82, 2.24) is 10.3 Å². The van der Waals surface area contributed by atoms with Gasteiger partial charge in [-0.2, -0.15) is 11.8 Å². The minimum Gasteiger partial charge on any atom is -0.440 e. The molecule has 4 nitrogen and oxygen atoms in total. The molecule has 24 heavy (non-hydrogen) atoms. The predicted octanol–water partition coefficient (Wildman–Crippen LogP) is 4.16. The number of amides is 1. The van der Waals surface area contributed by atoms with Crippen LogP contribution in [0, 0.1) is 0 Å². The third-order valence-electron chi connectivity index (χ3n) is 3.55. The number of hydrogen-bond donors (Lipinski definition) is 1. The Hall–Kier alpha value is -1.98. The van der Waals surface area contributed by atoms with Crippen LogP contribution in [-0.2, 0) is 6.42 Å². The van der Waals surface area contributed by atoms with Crippen LogP contribution < -0.4 is 5.32 Å². The number of nitrogens with one attached hydrogen (secondary N) is 1. The number of nitrogens with zero attached hydrogens (tertiary/aromatic N) is 1. The van der Waals surface area contributed by atoms with Crippen LogP contribution in [0.15, 0.2) is 46.9 Å². The van der Waals surface area contributed by atoms with Crippen molar-refractivity contribution in [3.05, 3.63) is 64.5 Å². The lowest BCUT2D eigenvalue weighted by atomic mass is 10.1. The van der Waals surface area contributed by atoms with Gasteiger partial charge in [0.15, 0.2) is 11.5 Å². The number of fused-ring (bicyclic) bond motifs is 1. The number of benzene rings is 2. The monoisotopic (exact) mass is 360 g/mol. The normalized spacial score (nSPS) is 10.9. The van der Waals surface area contributed by atoms with E-state index >= 15 is 0 Å². The summed E-state index contributed by atoms with van der Waals surface area (Å²) in [5.74, 6) is 1.42. The molecule has 0 saturated carbocycles. The van der Waals surface area contributed by atoms with Crippen molar-refractivity contribution in [2.45, 2.75) is 6.42 Å². The molecule has 1 N–H and O–H groups in total. The third kappa shape index (κ3) is 4.10. The van der Waals surface area contributed by atoms with Crippen LogP contribution in [-0.4, -0.2) is 29.4 Å². The Morgan fingerprint density at radius 3 is 2.79 bits per heavy atom. The molecule has 2 aromatic carbocycles. The summed E-state index contributed by atoms with van der Waals surface area (Å²) < 4.78 is 5.76. The molecule has 1 amide bonds. The van der Waals surface area contributed by atoms with Gasteiger partial charge in [0.1, 0.15) is 5.52 Å². The summed E-state index contributed by atoms with van der Waals surface area (Å²) in [6.45, 7) is 0.651. The summed E-state index contributed by atoms with van der Waals surface area (Å²) in [6, 6.07) is 12.9. The molecular weight excluding hydrogens is 344 g/mol. The zero-order valence-electron chi connectivity index (χ0n) is 13.2. The highest BCUT2D eigenvalue weighted by atomic mass is 35.5. The molecule has 0 fully saturated rings. The quantitative estimate of drug-likeness (QED) is 0.670. The zero-order chi connectivity index (χ0) is 16.9. The van der Waals surface area contributed by atoms with Gasteiger partial charge < -0.3 is 9.73 Å². The van der Waals surface area contributed by atoms with Crippen LogP contribution in [0.1, 0.15) is 21.8 Å². The maximum atomic E-state index is 12.1. The molecule has 0 aliphatic rings. The fourth-order valence-corrected chi connectivity index (χ4v) is 2.77. The van der Waals surface area contributed by atoms with Crippen molar-refractivity contribution < 1.29 is 9.21 Å². The number of hydrogen-bond acceptors (Lipinski definition) is 4. The van der Waals surface area contributed by atoms with E-state index in [0.29, 0.717) is 40.5 Å². The molecule has 0 aliphatic heterocycles. The number of carbonyl (C=O) groups is 1. The molecule has 3 rings (SSSR count). The average molecular weight is 361 g/mol. The zero-order valence-corrected chi connectivity index (χ0v) is 14.8. The van der Waals surface area contributed by atoms with E-state index in [1.165, 1.54) is 0 Å². The third-order valence-corrected chi connectivity index (χ3v) is 4.42. The highest BCUT2D eigenvalue weighted by molar-refractivity contribution is 7.98. The number of oxazole rings is 1. The lowest BCUT2D eigenvalue weighted by Gasteiger charge is -2.03. The Bertz CT molecular complexity index is 846. The Morgan fingerprint density at radius 1 is 1.25 bits per heavy atom. The van der Waals surface area contributed by atoms with Crippen molar-refractivity contribution in [3.63, 3.8) is 0 Å². The average Bonchev–Trinajstić information content (AvgIpc) is 2.98. The molecule has 1 heterocycles. The maximum absolute atomic E-state index is 12.1. The smallest absolute Gasteiger partial charge is 0.251 e. The van der Waals surface area contributed by atoms with E-state index in [-0.39, 0.29) is 5.91 Å². The van der Waals surface area contributed by atoms with Crippen LogP contribution >= 0.6 is 23.4 Å². The number of halogens is 1. The fourth-order valence-electron chi connectivity index (χ4n) is 2.34. The van der Waals surface area contributed by atoms with Gasteiger partial charge in [0.25, 0.3) is 5.91 Å². The summed E-state index contributed by atoms with van der Waals surface area (Å²) in [6.07, 6.45) is 2.59. The van der Waals surface area contributed by atoms with E-state index < -0.39 is 0 Å². The Morgan fingerprint density at radius 2 is 2.04 bits per heavy atom. The second-order valence-electron chi connectivity index (χ2n) is 5.34. The van der Waals surface area contributed by atoms with Crippen molar-refractivity contribution in [3.8, 4) is 0 Å². The van der Waals surface area contributed by atoms with Gasteiger partial charge in [-0.1, -0.05) is 23.7 Å². The first-order valence-corrected chi connectivity index (χ1v) is 9.34. The summed E-state index contributed by atoms with van der Waals surface area (Å²) in [5, 5.41) is 3.59. The van der Waals surface area contributed by atoms with Gasteiger partial charge in [0, 0.05) is 29.3 Å². The van der Waals surface area contributed by atoms with Gasteiger partial charge in [-0.15, -0.1) is 0 Å². The SMILES string of the molecule is CSCCNC(=O)c1ccc2oc(Cc3ccc(Cl)cc3)nc2c1. The number of thioether (sulfide) groups is 1. The van der Waals surface area contributed by atoms with Crippen LogP contribution in [0.5, 0.6) is 0 Å². The van der Waals surface area contributed by atoms with Crippen LogP contribution in [0.25, 0.3) is 11.1 Å². The second kappa shape index (κ2) is 7.73. The molecule has 0 unspecified atom stereocenters. The molecular formula is C18H17ClN2O2S. The van der Waals surface area contributed by atoms with Crippen LogP contribution in [0.4, 0.5) is 0 Å².